The van der Waals surface area contributed by atoms with Gasteiger partial charge < -0.3 is 10.1 Å². The average Bonchev–Trinajstić information content (AvgIpc) is 3.28. The zero-order valence-electron chi connectivity index (χ0n) is 21.7. The van der Waals surface area contributed by atoms with Crippen molar-refractivity contribution in [1.82, 2.24) is 19.7 Å². The molecule has 0 saturated carbocycles. The molecule has 206 valence electrons. The van der Waals surface area contributed by atoms with Crippen LogP contribution in [0.3, 0.4) is 0 Å². The van der Waals surface area contributed by atoms with Gasteiger partial charge in [0, 0.05) is 24.5 Å². The van der Waals surface area contributed by atoms with Crippen LogP contribution in [0, 0.1) is 6.92 Å². The van der Waals surface area contributed by atoms with Crippen molar-refractivity contribution in [3.63, 3.8) is 0 Å². The summed E-state index contributed by atoms with van der Waals surface area (Å²) in [4.78, 5) is 21.1. The number of aromatic nitrogens is 3. The van der Waals surface area contributed by atoms with Crippen LogP contribution < -0.4 is 10.1 Å². The van der Waals surface area contributed by atoms with E-state index in [1.807, 2.05) is 54.8 Å². The Morgan fingerprint density at radius 1 is 0.975 bits per heavy atom. The number of fused-ring (bicyclic) bond motifs is 1. The van der Waals surface area contributed by atoms with Gasteiger partial charge >= 0.3 is 6.18 Å². The van der Waals surface area contributed by atoms with Crippen molar-refractivity contribution < 1.29 is 22.7 Å². The second kappa shape index (κ2) is 11.8. The lowest BCUT2D eigenvalue weighted by Crippen LogP contribution is -2.23. The van der Waals surface area contributed by atoms with Crippen molar-refractivity contribution in [2.24, 2.45) is 0 Å². The van der Waals surface area contributed by atoms with E-state index >= 15 is 0 Å². The number of hydrogen-bond acceptors (Lipinski definition) is 4. The number of nitrogens with one attached hydrogen (secondary N) is 1. The van der Waals surface area contributed by atoms with E-state index in [0.717, 1.165) is 34.6 Å². The van der Waals surface area contributed by atoms with Gasteiger partial charge in [-0.15, -0.1) is 12.4 Å². The van der Waals surface area contributed by atoms with Crippen molar-refractivity contribution in [3.05, 3.63) is 108 Å². The number of carbonyl (C=O) groups excluding carboxylic acids is 1. The Hall–Kier alpha value is -4.37. The molecule has 0 spiro atoms. The Morgan fingerprint density at radius 2 is 1.73 bits per heavy atom. The molecule has 0 atom stereocenters. The molecular formula is C30H26ClF3N4O2. The van der Waals surface area contributed by atoms with Crippen molar-refractivity contribution in [2.75, 3.05) is 6.54 Å². The van der Waals surface area contributed by atoms with E-state index in [1.165, 1.54) is 6.07 Å². The number of benzene rings is 2. The first-order chi connectivity index (χ1) is 18.7. The molecule has 0 aliphatic heterocycles. The first-order valence-corrected chi connectivity index (χ1v) is 12.4. The highest BCUT2D eigenvalue weighted by atomic mass is 35.5. The molecule has 0 aliphatic carbocycles. The van der Waals surface area contributed by atoms with E-state index in [-0.39, 0.29) is 24.9 Å². The summed E-state index contributed by atoms with van der Waals surface area (Å²) in [7, 11) is 0. The number of halogens is 4. The topological polar surface area (TPSA) is 68.5 Å². The highest BCUT2D eigenvalue weighted by molar-refractivity contribution is 5.92. The molecule has 0 unspecified atom stereocenters. The molecule has 3 heterocycles. The number of aryl methyl sites for hydroxylation is 1. The summed E-state index contributed by atoms with van der Waals surface area (Å²) in [6, 6.07) is 19.7. The van der Waals surface area contributed by atoms with Gasteiger partial charge in [-0.2, -0.15) is 13.2 Å². The molecular weight excluding hydrogens is 541 g/mol. The zero-order valence-corrected chi connectivity index (χ0v) is 22.5. The van der Waals surface area contributed by atoms with Crippen molar-refractivity contribution in [3.8, 4) is 28.1 Å². The Labute approximate surface area is 235 Å². The second-order valence-corrected chi connectivity index (χ2v) is 8.97. The maximum atomic E-state index is 13.1. The van der Waals surface area contributed by atoms with Gasteiger partial charge in [-0.25, -0.2) is 4.98 Å². The van der Waals surface area contributed by atoms with Crippen LogP contribution in [0.1, 0.15) is 34.2 Å². The number of ether oxygens (including phenoxy) is 1. The van der Waals surface area contributed by atoms with Crippen LogP contribution in [0.15, 0.2) is 85.2 Å². The van der Waals surface area contributed by atoms with Gasteiger partial charge in [-0.05, 0) is 66.9 Å². The first kappa shape index (κ1) is 28.6. The number of carbonyl (C=O) groups is 1. The predicted octanol–water partition coefficient (Wildman–Crippen LogP) is 7.14. The van der Waals surface area contributed by atoms with Crippen LogP contribution in [-0.4, -0.2) is 26.8 Å². The number of imidazole rings is 1. The lowest BCUT2D eigenvalue weighted by atomic mass is 10.0. The number of pyridine rings is 2. The average molecular weight is 567 g/mol. The highest BCUT2D eigenvalue weighted by Gasteiger charge is 2.30. The molecule has 0 radical (unpaired) electrons. The normalized spacial score (nSPS) is 11.2. The lowest BCUT2D eigenvalue weighted by Gasteiger charge is -2.11. The van der Waals surface area contributed by atoms with Gasteiger partial charge in [0.15, 0.2) is 11.4 Å². The molecule has 1 N–H and O–H groups in total. The molecule has 2 aromatic carbocycles. The van der Waals surface area contributed by atoms with E-state index in [9.17, 15) is 18.0 Å². The van der Waals surface area contributed by atoms with Crippen LogP contribution in [0.5, 0.6) is 5.75 Å². The van der Waals surface area contributed by atoms with E-state index < -0.39 is 11.7 Å². The van der Waals surface area contributed by atoms with Crippen LogP contribution >= 0.6 is 12.4 Å². The van der Waals surface area contributed by atoms with E-state index in [2.05, 4.69) is 10.3 Å². The molecule has 10 heteroatoms. The minimum Gasteiger partial charge on any atom is -0.485 e. The number of amides is 1. The number of rotatable bonds is 7. The fraction of sp³-hybridized carbons (Fsp3) is 0.167. The van der Waals surface area contributed by atoms with Crippen LogP contribution in [0.4, 0.5) is 13.2 Å². The van der Waals surface area contributed by atoms with Gasteiger partial charge in [-0.1, -0.05) is 36.4 Å². The standard InChI is InChI=1S/C30H25F3N4O2.ClH/c1-3-34-29(38)25-14-13-23(17-35-25)27-19(2)36-28-26(8-5-15-37(27)28)39-18-20-9-11-21(12-10-20)22-6-4-7-24(16-22)30(31,32)33;/h4-17H,3,18H2,1-2H3,(H,34,38);1H. The Balaban J connectivity index is 0.00000370. The zero-order chi connectivity index (χ0) is 27.6. The molecule has 5 aromatic rings. The largest absolute Gasteiger partial charge is 0.485 e. The Morgan fingerprint density at radius 3 is 2.40 bits per heavy atom. The molecule has 0 bridgehead atoms. The third-order valence-electron chi connectivity index (χ3n) is 6.27. The molecule has 6 nitrogen and oxygen atoms in total. The summed E-state index contributed by atoms with van der Waals surface area (Å²) in [5, 5.41) is 2.73. The number of alkyl halides is 3. The van der Waals surface area contributed by atoms with Crippen molar-refractivity contribution >= 4 is 24.0 Å². The summed E-state index contributed by atoms with van der Waals surface area (Å²) < 4.78 is 47.2. The van der Waals surface area contributed by atoms with E-state index in [0.29, 0.717) is 34.8 Å². The summed E-state index contributed by atoms with van der Waals surface area (Å²) in [5.74, 6) is 0.359. The molecule has 0 saturated heterocycles. The first-order valence-electron chi connectivity index (χ1n) is 12.4. The fourth-order valence-electron chi connectivity index (χ4n) is 4.37. The predicted molar refractivity (Wildman–Crippen MR) is 150 cm³/mol. The van der Waals surface area contributed by atoms with E-state index in [1.54, 1.807) is 30.5 Å². The van der Waals surface area contributed by atoms with Gasteiger partial charge in [0.05, 0.1) is 17.0 Å². The van der Waals surface area contributed by atoms with Crippen LogP contribution in [0.2, 0.25) is 0 Å². The molecule has 3 aromatic heterocycles. The minimum absolute atomic E-state index is 0. The molecule has 1 amide bonds. The highest BCUT2D eigenvalue weighted by Crippen LogP contribution is 2.33. The van der Waals surface area contributed by atoms with Gasteiger partial charge in [0.2, 0.25) is 0 Å². The number of nitrogens with zero attached hydrogens (tertiary/aromatic N) is 3. The maximum absolute atomic E-state index is 13.1. The van der Waals surface area contributed by atoms with Crippen molar-refractivity contribution in [1.29, 1.82) is 0 Å². The lowest BCUT2D eigenvalue weighted by molar-refractivity contribution is -0.137. The molecule has 0 fully saturated rings. The second-order valence-electron chi connectivity index (χ2n) is 8.97. The van der Waals surface area contributed by atoms with Gasteiger partial charge in [0.1, 0.15) is 12.3 Å². The van der Waals surface area contributed by atoms with E-state index in [4.69, 9.17) is 9.72 Å². The third-order valence-corrected chi connectivity index (χ3v) is 6.27. The maximum Gasteiger partial charge on any atom is 0.416 e. The summed E-state index contributed by atoms with van der Waals surface area (Å²) >= 11 is 0. The van der Waals surface area contributed by atoms with Gasteiger partial charge in [-0.3, -0.25) is 14.2 Å². The Kier molecular flexibility index (Phi) is 8.44. The van der Waals surface area contributed by atoms with Gasteiger partial charge in [0.25, 0.3) is 5.91 Å². The van der Waals surface area contributed by atoms with Crippen LogP contribution in [-0.2, 0) is 12.8 Å². The quantitative estimate of drug-likeness (QED) is 0.227. The smallest absolute Gasteiger partial charge is 0.416 e. The SMILES string of the molecule is CCNC(=O)c1ccc(-c2c(C)nc3c(OCc4ccc(-c5cccc(C(F)(F)F)c5)cc4)cccn23)cn1.Cl. The molecule has 40 heavy (non-hydrogen) atoms. The van der Waals surface area contributed by atoms with Crippen LogP contribution in [0.25, 0.3) is 28.0 Å². The Bertz CT molecular complexity index is 1630. The summed E-state index contributed by atoms with van der Waals surface area (Å²) in [6.07, 6.45) is -0.847. The summed E-state index contributed by atoms with van der Waals surface area (Å²) in [6.45, 7) is 4.53. The minimum atomic E-state index is -4.39. The third kappa shape index (κ3) is 5.94. The summed E-state index contributed by atoms with van der Waals surface area (Å²) in [5.41, 5.74) is 4.79. The molecule has 0 aliphatic rings. The number of hydrogen-bond donors (Lipinski definition) is 1. The monoisotopic (exact) mass is 566 g/mol. The van der Waals surface area contributed by atoms with Crippen molar-refractivity contribution in [2.45, 2.75) is 26.6 Å². The fourth-order valence-corrected chi connectivity index (χ4v) is 4.37. The molecule has 5 rings (SSSR count).